The van der Waals surface area contributed by atoms with E-state index in [1.165, 1.54) is 6.07 Å². The molecule has 1 aromatic rings. The SMILES string of the molecule is Cc1c(OCCCCl)cccc1[N+](=O)[O-]. The van der Waals surface area contributed by atoms with Crippen LogP contribution in [0.4, 0.5) is 5.69 Å². The fourth-order valence-electron chi connectivity index (χ4n) is 1.19. The molecule has 82 valence electrons. The minimum Gasteiger partial charge on any atom is -0.493 e. The van der Waals surface area contributed by atoms with Crippen LogP contribution in [0.2, 0.25) is 0 Å². The van der Waals surface area contributed by atoms with E-state index in [-0.39, 0.29) is 5.69 Å². The number of halogens is 1. The lowest BCUT2D eigenvalue weighted by atomic mass is 10.2. The lowest BCUT2D eigenvalue weighted by Crippen LogP contribution is -2.01. The van der Waals surface area contributed by atoms with Crippen LogP contribution in [-0.2, 0) is 0 Å². The molecule has 0 bridgehead atoms. The van der Waals surface area contributed by atoms with Gasteiger partial charge in [0.2, 0.25) is 0 Å². The lowest BCUT2D eigenvalue weighted by molar-refractivity contribution is -0.385. The molecule has 15 heavy (non-hydrogen) atoms. The molecule has 0 fully saturated rings. The van der Waals surface area contributed by atoms with E-state index in [9.17, 15) is 10.1 Å². The van der Waals surface area contributed by atoms with Crippen LogP contribution in [0, 0.1) is 17.0 Å². The molecule has 0 saturated carbocycles. The first-order chi connectivity index (χ1) is 7.16. The Morgan fingerprint density at radius 2 is 2.27 bits per heavy atom. The summed E-state index contributed by atoms with van der Waals surface area (Å²) in [5.41, 5.74) is 0.635. The highest BCUT2D eigenvalue weighted by atomic mass is 35.5. The number of benzene rings is 1. The summed E-state index contributed by atoms with van der Waals surface area (Å²) >= 11 is 5.50. The molecule has 0 saturated heterocycles. The van der Waals surface area contributed by atoms with Gasteiger partial charge in [-0.05, 0) is 19.4 Å². The molecule has 0 aromatic heterocycles. The number of rotatable bonds is 5. The average Bonchev–Trinajstić information content (AvgIpc) is 2.20. The van der Waals surface area contributed by atoms with Crippen LogP contribution in [-0.4, -0.2) is 17.4 Å². The molecule has 0 radical (unpaired) electrons. The van der Waals surface area contributed by atoms with Gasteiger partial charge in [-0.1, -0.05) is 6.07 Å². The second-order valence-electron chi connectivity index (χ2n) is 3.05. The summed E-state index contributed by atoms with van der Waals surface area (Å²) in [6.07, 6.45) is 0.726. The van der Waals surface area contributed by atoms with E-state index in [0.29, 0.717) is 23.8 Å². The van der Waals surface area contributed by atoms with Gasteiger partial charge in [-0.2, -0.15) is 0 Å². The van der Waals surface area contributed by atoms with Crippen molar-refractivity contribution < 1.29 is 9.66 Å². The van der Waals surface area contributed by atoms with Crippen molar-refractivity contribution in [3.05, 3.63) is 33.9 Å². The van der Waals surface area contributed by atoms with E-state index >= 15 is 0 Å². The maximum absolute atomic E-state index is 10.6. The average molecular weight is 230 g/mol. The molecule has 5 heteroatoms. The van der Waals surface area contributed by atoms with Crippen LogP contribution in [0.15, 0.2) is 18.2 Å². The summed E-state index contributed by atoms with van der Waals surface area (Å²) in [4.78, 5) is 10.2. The zero-order valence-corrected chi connectivity index (χ0v) is 9.16. The second kappa shape index (κ2) is 5.56. The van der Waals surface area contributed by atoms with Crippen LogP contribution in [0.5, 0.6) is 5.75 Å². The number of nitro benzene ring substituents is 1. The van der Waals surface area contributed by atoms with E-state index < -0.39 is 4.92 Å². The largest absolute Gasteiger partial charge is 0.493 e. The Balaban J connectivity index is 2.80. The Bertz CT molecular complexity index is 355. The fraction of sp³-hybridized carbons (Fsp3) is 0.400. The predicted molar refractivity (Wildman–Crippen MR) is 58.7 cm³/mol. The third-order valence-electron chi connectivity index (χ3n) is 1.99. The van der Waals surface area contributed by atoms with Crippen molar-refractivity contribution in [3.63, 3.8) is 0 Å². The topological polar surface area (TPSA) is 52.4 Å². The fourth-order valence-corrected chi connectivity index (χ4v) is 1.30. The summed E-state index contributed by atoms with van der Waals surface area (Å²) in [6, 6.07) is 4.79. The predicted octanol–water partition coefficient (Wildman–Crippen LogP) is 2.91. The second-order valence-corrected chi connectivity index (χ2v) is 3.43. The Hall–Kier alpha value is -1.29. The van der Waals surface area contributed by atoms with Gasteiger partial charge in [0, 0.05) is 11.9 Å². The van der Waals surface area contributed by atoms with Crippen molar-refractivity contribution >= 4 is 17.3 Å². The van der Waals surface area contributed by atoms with Gasteiger partial charge in [0.05, 0.1) is 17.1 Å². The maximum atomic E-state index is 10.6. The number of alkyl halides is 1. The van der Waals surface area contributed by atoms with Gasteiger partial charge in [0.1, 0.15) is 5.75 Å². The molecule has 4 nitrogen and oxygen atoms in total. The van der Waals surface area contributed by atoms with Gasteiger partial charge < -0.3 is 4.74 Å². The van der Waals surface area contributed by atoms with Gasteiger partial charge in [-0.25, -0.2) is 0 Å². The molecular weight excluding hydrogens is 218 g/mol. The highest BCUT2D eigenvalue weighted by Crippen LogP contribution is 2.26. The van der Waals surface area contributed by atoms with E-state index in [2.05, 4.69) is 0 Å². The Morgan fingerprint density at radius 1 is 1.53 bits per heavy atom. The van der Waals surface area contributed by atoms with Crippen molar-refractivity contribution in [1.82, 2.24) is 0 Å². The molecule has 0 spiro atoms. The summed E-state index contributed by atoms with van der Waals surface area (Å²) < 4.78 is 5.38. The first kappa shape index (κ1) is 11.8. The van der Waals surface area contributed by atoms with Gasteiger partial charge in [0.25, 0.3) is 5.69 Å². The van der Waals surface area contributed by atoms with Gasteiger partial charge in [-0.3, -0.25) is 10.1 Å². The maximum Gasteiger partial charge on any atom is 0.276 e. The summed E-state index contributed by atoms with van der Waals surface area (Å²) in [5.74, 6) is 1.07. The Labute approximate surface area is 93.0 Å². The molecule has 0 atom stereocenters. The van der Waals surface area contributed by atoms with Crippen LogP contribution in [0.25, 0.3) is 0 Å². The number of hydrogen-bond donors (Lipinski definition) is 0. The summed E-state index contributed by atoms with van der Waals surface area (Å²) in [6.45, 7) is 2.15. The molecule has 0 N–H and O–H groups in total. The van der Waals surface area contributed by atoms with Gasteiger partial charge in [-0.15, -0.1) is 11.6 Å². The monoisotopic (exact) mass is 229 g/mol. The highest BCUT2D eigenvalue weighted by molar-refractivity contribution is 6.17. The van der Waals surface area contributed by atoms with Gasteiger partial charge >= 0.3 is 0 Å². The molecule has 0 amide bonds. The van der Waals surface area contributed by atoms with Crippen LogP contribution in [0.3, 0.4) is 0 Å². The van der Waals surface area contributed by atoms with Crippen LogP contribution in [0.1, 0.15) is 12.0 Å². The molecular formula is C10H12ClNO3. The van der Waals surface area contributed by atoms with E-state index in [4.69, 9.17) is 16.3 Å². The zero-order chi connectivity index (χ0) is 11.3. The molecule has 1 aromatic carbocycles. The smallest absolute Gasteiger partial charge is 0.276 e. The first-order valence-corrected chi connectivity index (χ1v) is 5.13. The summed E-state index contributed by atoms with van der Waals surface area (Å²) in [7, 11) is 0. The van der Waals surface area contributed by atoms with Crippen molar-refractivity contribution in [2.75, 3.05) is 12.5 Å². The minimum absolute atomic E-state index is 0.0818. The minimum atomic E-state index is -0.413. The number of hydrogen-bond acceptors (Lipinski definition) is 3. The van der Waals surface area contributed by atoms with Crippen molar-refractivity contribution in [2.24, 2.45) is 0 Å². The Morgan fingerprint density at radius 3 is 2.87 bits per heavy atom. The van der Waals surface area contributed by atoms with E-state index in [0.717, 1.165) is 6.42 Å². The number of nitrogens with zero attached hydrogens (tertiary/aromatic N) is 1. The lowest BCUT2D eigenvalue weighted by Gasteiger charge is -2.07. The molecule has 0 heterocycles. The highest BCUT2D eigenvalue weighted by Gasteiger charge is 2.13. The summed E-state index contributed by atoms with van der Waals surface area (Å²) in [5, 5.41) is 10.6. The van der Waals surface area contributed by atoms with E-state index in [1.807, 2.05) is 0 Å². The van der Waals surface area contributed by atoms with E-state index in [1.54, 1.807) is 19.1 Å². The zero-order valence-electron chi connectivity index (χ0n) is 8.40. The Kier molecular flexibility index (Phi) is 4.37. The quantitative estimate of drug-likeness (QED) is 0.338. The molecule has 0 aliphatic carbocycles. The van der Waals surface area contributed by atoms with Crippen molar-refractivity contribution in [2.45, 2.75) is 13.3 Å². The molecule has 1 rings (SSSR count). The number of nitro groups is 1. The number of ether oxygens (including phenoxy) is 1. The van der Waals surface area contributed by atoms with Crippen LogP contribution < -0.4 is 4.74 Å². The van der Waals surface area contributed by atoms with Crippen molar-refractivity contribution in [1.29, 1.82) is 0 Å². The standard InChI is InChI=1S/C10H12ClNO3/c1-8-9(12(13)14)4-2-5-10(8)15-7-3-6-11/h2,4-5H,3,6-7H2,1H3. The molecule has 0 aliphatic rings. The normalized spacial score (nSPS) is 10.0. The third kappa shape index (κ3) is 3.09. The van der Waals surface area contributed by atoms with Crippen molar-refractivity contribution in [3.8, 4) is 5.75 Å². The molecule has 0 aliphatic heterocycles. The third-order valence-corrected chi connectivity index (χ3v) is 2.25. The first-order valence-electron chi connectivity index (χ1n) is 4.59. The van der Waals surface area contributed by atoms with Crippen LogP contribution >= 0.6 is 11.6 Å². The molecule has 0 unspecified atom stereocenters. The van der Waals surface area contributed by atoms with Gasteiger partial charge in [0.15, 0.2) is 0 Å².